The predicted molar refractivity (Wildman–Crippen MR) is 167 cm³/mol. The normalized spacial score (nSPS) is 28.0. The lowest BCUT2D eigenvalue weighted by atomic mass is 9.70. The minimum absolute atomic E-state index is 0.0186. The molecule has 2 bridgehead atoms. The summed E-state index contributed by atoms with van der Waals surface area (Å²) in [6, 6.07) is 16.8. The molecule has 3 aliphatic heterocycles. The van der Waals surface area contributed by atoms with Gasteiger partial charge in [0.15, 0.2) is 0 Å². The van der Waals surface area contributed by atoms with Crippen molar-refractivity contribution in [1.82, 2.24) is 10.2 Å². The molecule has 6 atom stereocenters. The van der Waals surface area contributed by atoms with Gasteiger partial charge in [-0.1, -0.05) is 46.3 Å². The Balaban J connectivity index is 1.40. The van der Waals surface area contributed by atoms with Gasteiger partial charge in [-0.05, 0) is 62.9 Å². The fraction of sp³-hybridized carbons (Fsp3) is 0.516. The largest absolute Gasteiger partial charge is 0.396 e. The quantitative estimate of drug-likeness (QED) is 0.239. The molecule has 3 aliphatic rings. The molecule has 41 heavy (non-hydrogen) atoms. The van der Waals surface area contributed by atoms with E-state index in [1.165, 1.54) is 0 Å². The number of amides is 3. The highest BCUT2D eigenvalue weighted by atomic mass is 79.9. The third-order valence-corrected chi connectivity index (χ3v) is 11.9. The fourth-order valence-corrected chi connectivity index (χ4v) is 10.4. The lowest BCUT2D eigenvalue weighted by Gasteiger charge is -2.35. The Morgan fingerprint density at radius 3 is 2.44 bits per heavy atom. The standard InChI is InChI=1S/C31H39BrN4O4S/c1-3-35(4-2)22-14-12-21(13-15-22)34-29(39)27-31-18-23(32)26(41-31)24(25(31)30(40)36(27)16-8-9-17-37)28(38)33-19-20-10-6-5-7-11-20/h5-7,10-15,23-27,37H,3-4,8-9,16-19H2,1-2H3,(H,33,38)(H,34,39)/t23?,24-,25+,26-,27?,31?/m1/s1. The second-order valence-electron chi connectivity index (χ2n) is 11.0. The number of aliphatic hydroxyl groups excluding tert-OH is 1. The maximum Gasteiger partial charge on any atom is 0.248 e. The zero-order valence-corrected chi connectivity index (χ0v) is 26.0. The number of aliphatic hydroxyl groups is 1. The fourth-order valence-electron chi connectivity index (χ4n) is 6.82. The Morgan fingerprint density at radius 2 is 1.78 bits per heavy atom. The third-order valence-electron chi connectivity index (χ3n) is 8.72. The highest BCUT2D eigenvalue weighted by Gasteiger charge is 2.75. The lowest BCUT2D eigenvalue weighted by molar-refractivity contribution is -0.139. The summed E-state index contributed by atoms with van der Waals surface area (Å²) in [5.74, 6) is -1.59. The van der Waals surface area contributed by atoms with Crippen molar-refractivity contribution in [2.75, 3.05) is 36.5 Å². The van der Waals surface area contributed by atoms with Gasteiger partial charge >= 0.3 is 0 Å². The van der Waals surface area contributed by atoms with Crippen LogP contribution in [0.3, 0.4) is 0 Å². The van der Waals surface area contributed by atoms with Gasteiger partial charge in [0.05, 0.1) is 16.6 Å². The molecule has 0 aliphatic carbocycles. The van der Waals surface area contributed by atoms with Crippen molar-refractivity contribution < 1.29 is 19.5 Å². The predicted octanol–water partition coefficient (Wildman–Crippen LogP) is 4.02. The number of unbranched alkanes of at least 4 members (excludes halogenated alkanes) is 1. The maximum absolute atomic E-state index is 14.1. The van der Waals surface area contributed by atoms with Crippen molar-refractivity contribution in [3.63, 3.8) is 0 Å². The monoisotopic (exact) mass is 642 g/mol. The highest BCUT2D eigenvalue weighted by molar-refractivity contribution is 9.09. The zero-order valence-electron chi connectivity index (χ0n) is 23.6. The van der Waals surface area contributed by atoms with Gasteiger partial charge in [-0.2, -0.15) is 0 Å². The van der Waals surface area contributed by atoms with Crippen LogP contribution in [0.1, 0.15) is 38.7 Å². The lowest BCUT2D eigenvalue weighted by Crippen LogP contribution is -2.53. The molecule has 3 unspecified atom stereocenters. The Bertz CT molecular complexity index is 1240. The molecule has 8 nitrogen and oxygen atoms in total. The number of hydrogen-bond donors (Lipinski definition) is 3. The number of thioether (sulfide) groups is 1. The second-order valence-corrected chi connectivity index (χ2v) is 13.8. The second kappa shape index (κ2) is 12.8. The van der Waals surface area contributed by atoms with Gasteiger partial charge in [0.2, 0.25) is 17.7 Å². The van der Waals surface area contributed by atoms with Crippen LogP contribution < -0.4 is 15.5 Å². The van der Waals surface area contributed by atoms with E-state index in [1.54, 1.807) is 16.7 Å². The smallest absolute Gasteiger partial charge is 0.248 e. The average Bonchev–Trinajstić information content (AvgIpc) is 3.57. The summed E-state index contributed by atoms with van der Waals surface area (Å²) in [5, 5.41) is 15.5. The van der Waals surface area contributed by atoms with E-state index >= 15 is 0 Å². The first-order valence-corrected chi connectivity index (χ1v) is 16.3. The molecule has 0 aromatic heterocycles. The molecule has 3 N–H and O–H groups in total. The van der Waals surface area contributed by atoms with Crippen LogP contribution in [0.2, 0.25) is 0 Å². The minimum atomic E-state index is -0.705. The van der Waals surface area contributed by atoms with Gasteiger partial charge in [-0.15, -0.1) is 11.8 Å². The zero-order chi connectivity index (χ0) is 29.1. The topological polar surface area (TPSA) is 102 Å². The first kappa shape index (κ1) is 29.9. The van der Waals surface area contributed by atoms with E-state index in [9.17, 15) is 19.5 Å². The highest BCUT2D eigenvalue weighted by Crippen LogP contribution is 2.67. The Morgan fingerprint density at radius 1 is 1.07 bits per heavy atom. The van der Waals surface area contributed by atoms with Gasteiger partial charge in [-0.25, -0.2) is 0 Å². The molecule has 2 aromatic rings. The van der Waals surface area contributed by atoms with E-state index in [2.05, 4.69) is 45.3 Å². The van der Waals surface area contributed by atoms with Crippen LogP contribution in [0.15, 0.2) is 54.6 Å². The number of rotatable bonds is 12. The van der Waals surface area contributed by atoms with Gasteiger partial charge in [0, 0.05) is 54.2 Å². The number of alkyl halides is 1. The summed E-state index contributed by atoms with van der Waals surface area (Å²) in [6.45, 7) is 6.79. The van der Waals surface area contributed by atoms with E-state index in [0.29, 0.717) is 38.0 Å². The van der Waals surface area contributed by atoms with Crippen LogP contribution in [-0.2, 0) is 20.9 Å². The molecule has 3 fully saturated rings. The molecule has 1 spiro atoms. The summed E-state index contributed by atoms with van der Waals surface area (Å²) in [6.07, 6.45) is 1.77. The number of fused-ring (bicyclic) bond motifs is 1. The third kappa shape index (κ3) is 5.62. The molecule has 10 heteroatoms. The first-order valence-electron chi connectivity index (χ1n) is 14.5. The summed E-state index contributed by atoms with van der Waals surface area (Å²) < 4.78 is -0.699. The van der Waals surface area contributed by atoms with Crippen LogP contribution in [0, 0.1) is 11.8 Å². The average molecular weight is 644 g/mol. The molecule has 220 valence electrons. The summed E-state index contributed by atoms with van der Waals surface area (Å²) in [4.78, 5) is 45.7. The number of likely N-dealkylation sites (tertiary alicyclic amines) is 1. The molecule has 3 heterocycles. The first-order chi connectivity index (χ1) is 19.8. The van der Waals surface area contributed by atoms with E-state index in [1.807, 2.05) is 54.6 Å². The number of hydrogen-bond acceptors (Lipinski definition) is 6. The number of nitrogens with one attached hydrogen (secondary N) is 2. The van der Waals surface area contributed by atoms with Crippen molar-refractivity contribution in [2.45, 2.75) is 60.5 Å². The van der Waals surface area contributed by atoms with Crippen molar-refractivity contribution in [1.29, 1.82) is 0 Å². The molecule has 0 saturated carbocycles. The van der Waals surface area contributed by atoms with Gasteiger partial charge in [-0.3, -0.25) is 14.4 Å². The Hall–Kier alpha value is -2.56. The van der Waals surface area contributed by atoms with Crippen LogP contribution in [0.25, 0.3) is 0 Å². The van der Waals surface area contributed by atoms with E-state index in [0.717, 1.165) is 24.3 Å². The molecule has 0 radical (unpaired) electrons. The van der Waals surface area contributed by atoms with Crippen molar-refractivity contribution >= 4 is 56.8 Å². The Kier molecular flexibility index (Phi) is 9.30. The minimum Gasteiger partial charge on any atom is -0.396 e. The number of carbonyl (C=O) groups is 3. The molecular formula is C31H39BrN4O4S. The van der Waals surface area contributed by atoms with Gasteiger partial charge in [0.1, 0.15) is 6.04 Å². The number of carbonyl (C=O) groups excluding carboxylic acids is 3. The number of nitrogens with zero attached hydrogens (tertiary/aromatic N) is 2. The number of anilines is 2. The van der Waals surface area contributed by atoms with Crippen molar-refractivity contribution in [3.8, 4) is 0 Å². The van der Waals surface area contributed by atoms with Crippen LogP contribution in [0.4, 0.5) is 11.4 Å². The van der Waals surface area contributed by atoms with Crippen LogP contribution in [-0.4, -0.2) is 74.8 Å². The summed E-state index contributed by atoms with van der Waals surface area (Å²) in [7, 11) is 0. The van der Waals surface area contributed by atoms with Gasteiger partial charge in [0.25, 0.3) is 0 Å². The van der Waals surface area contributed by atoms with Crippen molar-refractivity contribution in [3.05, 3.63) is 60.2 Å². The molecular weight excluding hydrogens is 604 g/mol. The van der Waals surface area contributed by atoms with Gasteiger partial charge < -0.3 is 25.5 Å². The van der Waals surface area contributed by atoms with Crippen LogP contribution in [0.5, 0.6) is 0 Å². The molecule has 3 amide bonds. The van der Waals surface area contributed by atoms with E-state index < -0.39 is 22.6 Å². The Labute approximate surface area is 254 Å². The van der Waals surface area contributed by atoms with E-state index in [4.69, 9.17) is 0 Å². The number of benzene rings is 2. The molecule has 2 aromatic carbocycles. The van der Waals surface area contributed by atoms with Crippen LogP contribution >= 0.6 is 27.7 Å². The van der Waals surface area contributed by atoms with Crippen molar-refractivity contribution in [2.24, 2.45) is 11.8 Å². The molecule has 5 rings (SSSR count). The molecule has 3 saturated heterocycles. The maximum atomic E-state index is 14.1. The van der Waals surface area contributed by atoms with E-state index in [-0.39, 0.29) is 34.4 Å². The SMILES string of the molecule is CCN(CC)c1ccc(NC(=O)C2N(CCCCO)C(=O)[C@@H]3[C@@H](C(=O)NCc4ccccc4)[C@@H]4SC23CC4Br)cc1. The summed E-state index contributed by atoms with van der Waals surface area (Å²) in [5.41, 5.74) is 2.76. The number of halogens is 1. The summed E-state index contributed by atoms with van der Waals surface area (Å²) >= 11 is 5.45.